The zero-order chi connectivity index (χ0) is 15.4. The molecule has 22 heavy (non-hydrogen) atoms. The van der Waals surface area contributed by atoms with E-state index in [1.807, 2.05) is 18.2 Å². The van der Waals surface area contributed by atoms with Crippen LogP contribution in [0.25, 0.3) is 0 Å². The zero-order valence-corrected chi connectivity index (χ0v) is 13.9. The van der Waals surface area contributed by atoms with Crippen molar-refractivity contribution in [2.75, 3.05) is 32.7 Å². The minimum atomic E-state index is -3.30. The Hall–Kier alpha value is -1.28. The first kappa shape index (κ1) is 15.6. The van der Waals surface area contributed by atoms with Crippen LogP contribution in [0.2, 0.25) is 0 Å². The van der Waals surface area contributed by atoms with E-state index in [1.165, 1.54) is 11.3 Å². The molecule has 0 radical (unpaired) electrons. The first-order chi connectivity index (χ1) is 10.7. The van der Waals surface area contributed by atoms with Crippen LogP contribution in [-0.2, 0) is 16.4 Å². The van der Waals surface area contributed by atoms with Crippen molar-refractivity contribution in [3.05, 3.63) is 47.6 Å². The average Bonchev–Trinajstić information content (AvgIpc) is 3.10. The molecule has 0 aromatic carbocycles. The van der Waals surface area contributed by atoms with Gasteiger partial charge in [0, 0.05) is 51.0 Å². The lowest BCUT2D eigenvalue weighted by molar-refractivity contribution is 0.190. The second-order valence-corrected chi connectivity index (χ2v) is 8.36. The van der Waals surface area contributed by atoms with E-state index in [9.17, 15) is 8.42 Å². The van der Waals surface area contributed by atoms with Crippen LogP contribution in [0.3, 0.4) is 0 Å². The second kappa shape index (κ2) is 6.87. The Morgan fingerprint density at radius 1 is 1.09 bits per heavy atom. The summed E-state index contributed by atoms with van der Waals surface area (Å²) >= 11 is 1.28. The number of rotatable bonds is 5. The molecule has 7 heteroatoms. The van der Waals surface area contributed by atoms with E-state index in [2.05, 4.69) is 9.88 Å². The summed E-state index contributed by atoms with van der Waals surface area (Å²) in [5.74, 6) is 0. The first-order valence-electron chi connectivity index (χ1n) is 7.32. The molecule has 1 aliphatic heterocycles. The van der Waals surface area contributed by atoms with E-state index in [0.29, 0.717) is 17.3 Å². The maximum absolute atomic E-state index is 12.4. The molecule has 1 aliphatic rings. The van der Waals surface area contributed by atoms with Gasteiger partial charge in [-0.1, -0.05) is 12.1 Å². The molecule has 1 saturated heterocycles. The summed E-state index contributed by atoms with van der Waals surface area (Å²) in [6, 6.07) is 9.39. The van der Waals surface area contributed by atoms with Gasteiger partial charge in [-0.2, -0.15) is 4.31 Å². The monoisotopic (exact) mass is 337 g/mol. The Morgan fingerprint density at radius 3 is 2.55 bits per heavy atom. The molecule has 0 spiro atoms. The maximum atomic E-state index is 12.4. The summed E-state index contributed by atoms with van der Waals surface area (Å²) in [4.78, 5) is 6.62. The van der Waals surface area contributed by atoms with Crippen molar-refractivity contribution >= 4 is 21.4 Å². The Kier molecular flexibility index (Phi) is 4.87. The van der Waals surface area contributed by atoms with Crippen LogP contribution in [0.5, 0.6) is 0 Å². The highest BCUT2D eigenvalue weighted by Gasteiger charge is 2.28. The average molecular weight is 337 g/mol. The van der Waals surface area contributed by atoms with Crippen LogP contribution in [-0.4, -0.2) is 55.3 Å². The van der Waals surface area contributed by atoms with Crippen molar-refractivity contribution in [3.63, 3.8) is 0 Å². The fourth-order valence-electron chi connectivity index (χ4n) is 2.55. The van der Waals surface area contributed by atoms with Crippen LogP contribution in [0.4, 0.5) is 0 Å². The number of piperazine rings is 1. The van der Waals surface area contributed by atoms with Gasteiger partial charge in [0.1, 0.15) is 4.21 Å². The molecule has 2 aromatic rings. The number of thiophene rings is 1. The Labute approximate surface area is 135 Å². The number of hydrogen-bond donors (Lipinski definition) is 0. The van der Waals surface area contributed by atoms with Crippen molar-refractivity contribution in [2.45, 2.75) is 10.6 Å². The van der Waals surface area contributed by atoms with Crippen LogP contribution >= 0.6 is 11.3 Å². The van der Waals surface area contributed by atoms with E-state index >= 15 is 0 Å². The molecule has 3 rings (SSSR count). The Balaban J connectivity index is 1.52. The third-order valence-corrected chi connectivity index (χ3v) is 7.10. The van der Waals surface area contributed by atoms with Crippen LogP contribution < -0.4 is 0 Å². The minimum absolute atomic E-state index is 0.439. The predicted octanol–water partition coefficient (Wildman–Crippen LogP) is 1.69. The largest absolute Gasteiger partial charge is 0.300 e. The highest BCUT2D eigenvalue weighted by molar-refractivity contribution is 7.91. The third kappa shape index (κ3) is 3.55. The lowest BCUT2D eigenvalue weighted by Crippen LogP contribution is -2.48. The van der Waals surface area contributed by atoms with Crippen molar-refractivity contribution < 1.29 is 8.42 Å². The number of pyridine rings is 1. The van der Waals surface area contributed by atoms with Gasteiger partial charge in [-0.25, -0.2) is 8.42 Å². The summed E-state index contributed by atoms with van der Waals surface area (Å²) < 4.78 is 26.9. The highest BCUT2D eigenvalue weighted by Crippen LogP contribution is 2.22. The summed E-state index contributed by atoms with van der Waals surface area (Å²) in [7, 11) is -3.30. The smallest absolute Gasteiger partial charge is 0.252 e. The molecule has 0 aliphatic carbocycles. The van der Waals surface area contributed by atoms with Gasteiger partial charge < -0.3 is 4.90 Å². The van der Waals surface area contributed by atoms with Gasteiger partial charge in [-0.05, 0) is 23.6 Å². The van der Waals surface area contributed by atoms with Crippen molar-refractivity contribution in [2.24, 2.45) is 0 Å². The van der Waals surface area contributed by atoms with E-state index in [1.54, 1.807) is 28.0 Å². The molecule has 1 fully saturated rings. The molecule has 0 saturated carbocycles. The summed E-state index contributed by atoms with van der Waals surface area (Å²) in [6.07, 6.45) is 2.71. The fourth-order valence-corrected chi connectivity index (χ4v) is 5.12. The minimum Gasteiger partial charge on any atom is -0.300 e. The Bertz CT molecular complexity index is 679. The van der Waals surface area contributed by atoms with Crippen LogP contribution in [0.15, 0.2) is 46.1 Å². The van der Waals surface area contributed by atoms with E-state index in [4.69, 9.17) is 0 Å². The van der Waals surface area contributed by atoms with Gasteiger partial charge in [-0.3, -0.25) is 4.98 Å². The topological polar surface area (TPSA) is 53.5 Å². The molecule has 0 unspecified atom stereocenters. The van der Waals surface area contributed by atoms with Crippen LogP contribution in [0.1, 0.15) is 5.69 Å². The molecular formula is C15H19N3O2S2. The van der Waals surface area contributed by atoms with E-state index in [0.717, 1.165) is 31.7 Å². The number of aromatic nitrogens is 1. The number of hydrogen-bond acceptors (Lipinski definition) is 5. The molecule has 3 heterocycles. The molecule has 0 amide bonds. The summed E-state index contributed by atoms with van der Waals surface area (Å²) in [6.45, 7) is 3.59. The van der Waals surface area contributed by atoms with E-state index < -0.39 is 10.0 Å². The quantitative estimate of drug-likeness (QED) is 0.833. The van der Waals surface area contributed by atoms with Crippen LogP contribution in [0, 0.1) is 0 Å². The van der Waals surface area contributed by atoms with Crippen molar-refractivity contribution in [1.82, 2.24) is 14.2 Å². The Morgan fingerprint density at radius 2 is 1.91 bits per heavy atom. The van der Waals surface area contributed by atoms with E-state index in [-0.39, 0.29) is 0 Å². The molecule has 118 valence electrons. The number of nitrogens with zero attached hydrogens (tertiary/aromatic N) is 3. The molecule has 0 N–H and O–H groups in total. The zero-order valence-electron chi connectivity index (χ0n) is 12.3. The SMILES string of the molecule is O=S(=O)(c1cccs1)N1CCN(CCc2ccccn2)CC1. The first-order valence-corrected chi connectivity index (χ1v) is 9.64. The second-order valence-electron chi connectivity index (χ2n) is 5.25. The van der Waals surface area contributed by atoms with Gasteiger partial charge in [0.15, 0.2) is 0 Å². The highest BCUT2D eigenvalue weighted by atomic mass is 32.2. The van der Waals surface area contributed by atoms with Gasteiger partial charge in [0.25, 0.3) is 10.0 Å². The lowest BCUT2D eigenvalue weighted by atomic mass is 10.2. The molecule has 0 bridgehead atoms. The standard InChI is InChI=1S/C15H19N3O2S2/c19-22(20,15-5-3-13-21-15)18-11-9-17(10-12-18)8-6-14-4-1-2-7-16-14/h1-5,7,13H,6,8-12H2. The van der Waals surface area contributed by atoms with Gasteiger partial charge >= 0.3 is 0 Å². The fraction of sp³-hybridized carbons (Fsp3) is 0.400. The normalized spacial score (nSPS) is 17.6. The molecular weight excluding hydrogens is 318 g/mol. The van der Waals surface area contributed by atoms with Crippen molar-refractivity contribution in [3.8, 4) is 0 Å². The lowest BCUT2D eigenvalue weighted by Gasteiger charge is -2.33. The molecule has 2 aromatic heterocycles. The molecule has 0 atom stereocenters. The maximum Gasteiger partial charge on any atom is 0.252 e. The molecule has 5 nitrogen and oxygen atoms in total. The third-order valence-electron chi connectivity index (χ3n) is 3.83. The van der Waals surface area contributed by atoms with Gasteiger partial charge in [-0.15, -0.1) is 11.3 Å². The van der Waals surface area contributed by atoms with Gasteiger partial charge in [0.05, 0.1) is 0 Å². The number of sulfonamides is 1. The van der Waals surface area contributed by atoms with Crippen molar-refractivity contribution in [1.29, 1.82) is 0 Å². The predicted molar refractivity (Wildman–Crippen MR) is 87.5 cm³/mol. The van der Waals surface area contributed by atoms with Gasteiger partial charge in [0.2, 0.25) is 0 Å². The summed E-state index contributed by atoms with van der Waals surface area (Å²) in [5, 5.41) is 1.80. The summed E-state index contributed by atoms with van der Waals surface area (Å²) in [5.41, 5.74) is 1.08.